The topological polar surface area (TPSA) is 67.2 Å². The van der Waals surface area contributed by atoms with Crippen molar-refractivity contribution in [3.8, 4) is 10.6 Å². The molecule has 0 saturated carbocycles. The smallest absolute Gasteiger partial charge is 0.246 e. The van der Waals surface area contributed by atoms with Gasteiger partial charge < -0.3 is 0 Å². The lowest BCUT2D eigenvalue weighted by molar-refractivity contribution is -0.120. The Bertz CT molecular complexity index is 1200. The third-order valence-electron chi connectivity index (χ3n) is 4.43. The third-order valence-corrected chi connectivity index (χ3v) is 6.71. The first-order valence-corrected chi connectivity index (χ1v) is 11.7. The SMILES string of the molecule is Cc1nc(Cc2ccc(Cl)cc2)sc1/C=N\NC(=O)Cc1csc(-c2ccccc2)n1. The number of nitrogens with one attached hydrogen (secondary N) is 1. The number of amides is 1. The first-order valence-electron chi connectivity index (χ1n) is 9.59. The molecule has 0 radical (unpaired) electrons. The van der Waals surface area contributed by atoms with E-state index in [1.807, 2.05) is 66.9 Å². The molecule has 0 unspecified atom stereocenters. The van der Waals surface area contributed by atoms with Crippen molar-refractivity contribution < 1.29 is 4.79 Å². The van der Waals surface area contributed by atoms with E-state index in [-0.39, 0.29) is 12.3 Å². The zero-order valence-corrected chi connectivity index (χ0v) is 19.1. The Morgan fingerprint density at radius 3 is 2.68 bits per heavy atom. The molecule has 5 nitrogen and oxygen atoms in total. The molecule has 1 amide bonds. The summed E-state index contributed by atoms with van der Waals surface area (Å²) in [6.45, 7) is 1.94. The van der Waals surface area contributed by atoms with Crippen molar-refractivity contribution in [1.82, 2.24) is 15.4 Å². The number of aromatic nitrogens is 2. The van der Waals surface area contributed by atoms with Crippen LogP contribution in [-0.2, 0) is 17.6 Å². The van der Waals surface area contributed by atoms with E-state index in [2.05, 4.69) is 20.5 Å². The van der Waals surface area contributed by atoms with E-state index >= 15 is 0 Å². The Labute approximate surface area is 193 Å². The van der Waals surface area contributed by atoms with Crippen LogP contribution >= 0.6 is 34.3 Å². The fourth-order valence-electron chi connectivity index (χ4n) is 2.91. The van der Waals surface area contributed by atoms with Crippen LogP contribution in [0.3, 0.4) is 0 Å². The monoisotopic (exact) mass is 466 g/mol. The second kappa shape index (κ2) is 9.96. The van der Waals surface area contributed by atoms with Gasteiger partial charge in [-0.3, -0.25) is 4.79 Å². The number of benzene rings is 2. The molecule has 4 rings (SSSR count). The van der Waals surface area contributed by atoms with Gasteiger partial charge in [-0.1, -0.05) is 54.1 Å². The normalized spacial score (nSPS) is 11.2. The minimum atomic E-state index is -0.204. The quantitative estimate of drug-likeness (QED) is 0.288. The molecule has 8 heteroatoms. The lowest BCUT2D eigenvalue weighted by Crippen LogP contribution is -2.19. The Kier molecular flexibility index (Phi) is 6.86. The molecule has 2 aromatic carbocycles. The highest BCUT2D eigenvalue weighted by Gasteiger charge is 2.10. The van der Waals surface area contributed by atoms with Crippen LogP contribution in [0.2, 0.25) is 5.02 Å². The molecule has 1 N–H and O–H groups in total. The molecule has 0 spiro atoms. The van der Waals surface area contributed by atoms with E-state index < -0.39 is 0 Å². The molecule has 0 saturated heterocycles. The van der Waals surface area contributed by atoms with Gasteiger partial charge in [0.25, 0.3) is 0 Å². The number of aryl methyl sites for hydroxylation is 1. The minimum absolute atomic E-state index is 0.185. The van der Waals surface area contributed by atoms with Gasteiger partial charge in [-0.2, -0.15) is 5.10 Å². The summed E-state index contributed by atoms with van der Waals surface area (Å²) in [5.74, 6) is -0.204. The van der Waals surface area contributed by atoms with Gasteiger partial charge in [0.1, 0.15) is 5.01 Å². The van der Waals surface area contributed by atoms with Crippen molar-refractivity contribution in [2.24, 2.45) is 5.10 Å². The fraction of sp³-hybridized carbons (Fsp3) is 0.130. The molecule has 31 heavy (non-hydrogen) atoms. The Hall–Kier alpha value is -2.87. The van der Waals surface area contributed by atoms with Gasteiger partial charge in [-0.15, -0.1) is 22.7 Å². The second-order valence-electron chi connectivity index (χ2n) is 6.84. The first kappa shape index (κ1) is 21.4. The average molecular weight is 467 g/mol. The predicted molar refractivity (Wildman–Crippen MR) is 128 cm³/mol. The molecule has 0 aliphatic heterocycles. The van der Waals surface area contributed by atoms with Gasteiger partial charge in [0.2, 0.25) is 5.91 Å². The lowest BCUT2D eigenvalue weighted by Gasteiger charge is -1.97. The highest BCUT2D eigenvalue weighted by Crippen LogP contribution is 2.23. The summed E-state index contributed by atoms with van der Waals surface area (Å²) < 4.78 is 0. The molecule has 0 bridgehead atoms. The highest BCUT2D eigenvalue weighted by atomic mass is 35.5. The van der Waals surface area contributed by atoms with Crippen molar-refractivity contribution in [2.75, 3.05) is 0 Å². The van der Waals surface area contributed by atoms with Crippen molar-refractivity contribution in [1.29, 1.82) is 0 Å². The molecule has 0 aliphatic rings. The average Bonchev–Trinajstić information content (AvgIpc) is 3.37. The maximum absolute atomic E-state index is 12.2. The number of carbonyl (C=O) groups excluding carboxylic acids is 1. The highest BCUT2D eigenvalue weighted by molar-refractivity contribution is 7.13. The summed E-state index contributed by atoms with van der Waals surface area (Å²) in [5, 5.41) is 8.62. The van der Waals surface area contributed by atoms with Gasteiger partial charge in [-0.25, -0.2) is 15.4 Å². The van der Waals surface area contributed by atoms with E-state index in [9.17, 15) is 4.79 Å². The van der Waals surface area contributed by atoms with Gasteiger partial charge in [-0.05, 0) is 24.6 Å². The minimum Gasteiger partial charge on any atom is -0.273 e. The maximum Gasteiger partial charge on any atom is 0.246 e. The van der Waals surface area contributed by atoms with Crippen LogP contribution in [0.25, 0.3) is 10.6 Å². The second-order valence-corrected chi connectivity index (χ2v) is 9.25. The summed E-state index contributed by atoms with van der Waals surface area (Å²) in [5.41, 5.74) is 6.40. The van der Waals surface area contributed by atoms with Crippen LogP contribution in [0.15, 0.2) is 65.1 Å². The Morgan fingerprint density at radius 2 is 1.90 bits per heavy atom. The number of carbonyl (C=O) groups is 1. The molecule has 4 aromatic rings. The van der Waals surface area contributed by atoms with Crippen LogP contribution < -0.4 is 5.43 Å². The van der Waals surface area contributed by atoms with E-state index in [0.717, 1.165) is 48.9 Å². The number of thiazole rings is 2. The number of halogens is 1. The molecular formula is C23H19ClN4OS2. The van der Waals surface area contributed by atoms with Crippen molar-refractivity contribution in [2.45, 2.75) is 19.8 Å². The number of rotatable bonds is 7. The van der Waals surface area contributed by atoms with E-state index in [0.29, 0.717) is 0 Å². The molecule has 156 valence electrons. The van der Waals surface area contributed by atoms with E-state index in [1.165, 1.54) is 11.3 Å². The zero-order valence-electron chi connectivity index (χ0n) is 16.7. The summed E-state index contributed by atoms with van der Waals surface area (Å²) >= 11 is 9.03. The largest absolute Gasteiger partial charge is 0.273 e. The number of nitrogens with zero attached hydrogens (tertiary/aromatic N) is 3. The summed E-state index contributed by atoms with van der Waals surface area (Å²) in [7, 11) is 0. The van der Waals surface area contributed by atoms with E-state index in [4.69, 9.17) is 11.6 Å². The van der Waals surface area contributed by atoms with Gasteiger partial charge >= 0.3 is 0 Å². The van der Waals surface area contributed by atoms with Gasteiger partial charge in [0, 0.05) is 22.4 Å². The number of hydrazone groups is 1. The molecule has 0 atom stereocenters. The molecule has 0 fully saturated rings. The number of hydrogen-bond donors (Lipinski definition) is 1. The first-order chi connectivity index (χ1) is 15.1. The van der Waals surface area contributed by atoms with Crippen molar-refractivity contribution in [3.63, 3.8) is 0 Å². The van der Waals surface area contributed by atoms with Crippen molar-refractivity contribution in [3.05, 3.63) is 91.8 Å². The fourth-order valence-corrected chi connectivity index (χ4v) is 4.83. The molecule has 0 aliphatic carbocycles. The molecule has 2 aromatic heterocycles. The molecular weight excluding hydrogens is 448 g/mol. The van der Waals surface area contributed by atoms with Crippen LogP contribution in [0.1, 0.15) is 26.8 Å². The van der Waals surface area contributed by atoms with Gasteiger partial charge in [0.05, 0.1) is 33.9 Å². The van der Waals surface area contributed by atoms with Crippen LogP contribution in [0, 0.1) is 6.92 Å². The Balaban J connectivity index is 1.32. The standard InChI is InChI=1S/C23H19ClN4OS2/c1-15-20(31-22(26-15)11-16-7-9-18(24)10-8-16)13-25-28-21(29)12-19-14-30-23(27-19)17-5-3-2-4-6-17/h2-10,13-14H,11-12H2,1H3,(H,28,29)/b25-13-. The summed E-state index contributed by atoms with van der Waals surface area (Å²) in [6.07, 6.45) is 2.56. The third kappa shape index (κ3) is 5.85. The predicted octanol–water partition coefficient (Wildman–Crippen LogP) is 5.51. The zero-order chi connectivity index (χ0) is 21.6. The van der Waals surface area contributed by atoms with Crippen LogP contribution in [0.4, 0.5) is 0 Å². The maximum atomic E-state index is 12.2. The van der Waals surface area contributed by atoms with Crippen LogP contribution in [-0.4, -0.2) is 22.1 Å². The lowest BCUT2D eigenvalue weighted by atomic mass is 10.2. The molecule has 2 heterocycles. The van der Waals surface area contributed by atoms with Gasteiger partial charge in [0.15, 0.2) is 0 Å². The van der Waals surface area contributed by atoms with Crippen LogP contribution in [0.5, 0.6) is 0 Å². The summed E-state index contributed by atoms with van der Waals surface area (Å²) in [4.78, 5) is 22.3. The Morgan fingerprint density at radius 1 is 1.13 bits per heavy atom. The van der Waals surface area contributed by atoms with Crippen molar-refractivity contribution >= 4 is 46.4 Å². The van der Waals surface area contributed by atoms with E-state index in [1.54, 1.807) is 17.6 Å². The number of hydrogen-bond acceptors (Lipinski definition) is 6. The summed E-state index contributed by atoms with van der Waals surface area (Å²) in [6, 6.07) is 17.7.